The number of aliphatic hydroxyl groups excluding tert-OH is 1. The topological polar surface area (TPSA) is 201 Å². The fraction of sp³-hybridized carbons (Fsp3) is 0.696. The third-order valence-corrected chi connectivity index (χ3v) is 7.76. The molecule has 1 saturated heterocycles. The number of carbonyl (C=O) groups is 4. The highest BCUT2D eigenvalue weighted by atomic mass is 31.2. The molecule has 2 aliphatic heterocycles. The minimum absolute atomic E-state index is 0.434. The van der Waals surface area contributed by atoms with Crippen molar-refractivity contribution in [2.45, 2.75) is 96.5 Å². The van der Waals surface area contributed by atoms with Crippen LogP contribution >= 0.6 is 7.41 Å². The number of rotatable bonds is 13. The van der Waals surface area contributed by atoms with Crippen LogP contribution in [0.25, 0.3) is 10.4 Å². The molecule has 1 fully saturated rings. The smallest absolute Gasteiger partial charge is 0.323 e. The normalized spacial score (nSPS) is 26.6. The molecule has 0 saturated carbocycles. The highest BCUT2D eigenvalue weighted by Crippen LogP contribution is 2.44. The Bertz CT molecular complexity index is 1080. The van der Waals surface area contributed by atoms with Crippen molar-refractivity contribution in [3.63, 3.8) is 0 Å². The van der Waals surface area contributed by atoms with Crippen LogP contribution in [0.4, 0.5) is 4.39 Å². The lowest BCUT2D eigenvalue weighted by atomic mass is 10.1. The number of aliphatic hydroxyl groups is 1. The number of ketones is 1. The van der Waals surface area contributed by atoms with Crippen LogP contribution in [0.2, 0.25) is 0 Å². The van der Waals surface area contributed by atoms with Gasteiger partial charge in [0.1, 0.15) is 25.6 Å². The number of nitrogens with zero attached hydrogens (tertiary/aromatic N) is 4. The number of amides is 1. The van der Waals surface area contributed by atoms with Gasteiger partial charge in [0.2, 0.25) is 11.6 Å². The van der Waals surface area contributed by atoms with Gasteiger partial charge in [-0.05, 0) is 59.4 Å². The van der Waals surface area contributed by atoms with Gasteiger partial charge in [0.05, 0.1) is 25.2 Å². The van der Waals surface area contributed by atoms with Gasteiger partial charge in [0, 0.05) is 11.1 Å². The second-order valence-electron chi connectivity index (χ2n) is 9.88. The molecule has 6 atom stereocenters. The molecule has 40 heavy (non-hydrogen) atoms. The van der Waals surface area contributed by atoms with Gasteiger partial charge in [-0.25, -0.2) is 4.39 Å². The van der Waals surface area contributed by atoms with Gasteiger partial charge in [-0.15, -0.1) is 0 Å². The number of hydrogen-bond acceptors (Lipinski definition) is 12. The van der Waals surface area contributed by atoms with Crippen LogP contribution in [0.5, 0.6) is 0 Å². The molecule has 0 spiro atoms. The van der Waals surface area contributed by atoms with Gasteiger partial charge in [-0.2, -0.15) is 0 Å². The summed E-state index contributed by atoms with van der Waals surface area (Å²) in [5.41, 5.74) is 6.69. The van der Waals surface area contributed by atoms with E-state index in [4.69, 9.17) is 18.7 Å². The number of carbonyl (C=O) groups excluding carboxylic acids is 4. The summed E-state index contributed by atoms with van der Waals surface area (Å²) in [6, 6.07) is -2.05. The summed E-state index contributed by atoms with van der Waals surface area (Å²) < 4.78 is 37.4. The van der Waals surface area contributed by atoms with Gasteiger partial charge < -0.3 is 23.8 Å². The number of ether oxygens (including phenoxy) is 3. The molecule has 2 heterocycles. The number of hydrogen-bond donors (Lipinski definition) is 3. The van der Waals surface area contributed by atoms with E-state index in [0.29, 0.717) is 0 Å². The van der Waals surface area contributed by atoms with Crippen LogP contribution in [0, 0.1) is 0 Å². The SMILES string of the molecule is C=P(N[C@@H](C)C(=O)OC(C)C)(N[C@@H](C)C(=O)OC(C)C)OC[C@@]1(N=[N+]=[N-])O[C@@H](N2C=CC(=O)CC2=O)[C@H](O)[C@@H]1F. The van der Waals surface area contributed by atoms with Crippen molar-refractivity contribution in [2.24, 2.45) is 5.11 Å². The van der Waals surface area contributed by atoms with E-state index in [2.05, 4.69) is 26.5 Å². The second-order valence-corrected chi connectivity index (χ2v) is 12.1. The lowest BCUT2D eigenvalue weighted by Gasteiger charge is -2.35. The van der Waals surface area contributed by atoms with Gasteiger partial charge in [0.25, 0.3) is 0 Å². The summed E-state index contributed by atoms with van der Waals surface area (Å²) in [6.45, 7) is 8.64. The average molecular weight is 591 g/mol. The van der Waals surface area contributed by atoms with Crippen molar-refractivity contribution >= 4 is 37.3 Å². The molecule has 0 aliphatic carbocycles. The van der Waals surface area contributed by atoms with Gasteiger partial charge >= 0.3 is 11.9 Å². The zero-order valence-electron chi connectivity index (χ0n) is 23.1. The lowest BCUT2D eigenvalue weighted by Crippen LogP contribution is -2.46. The molecule has 2 aliphatic rings. The Labute approximate surface area is 231 Å². The second kappa shape index (κ2) is 13.7. The molecule has 224 valence electrons. The van der Waals surface area contributed by atoms with Crippen LogP contribution in [-0.4, -0.2) is 95.1 Å². The maximum Gasteiger partial charge on any atom is 0.323 e. The number of nitrogens with one attached hydrogen (secondary N) is 2. The summed E-state index contributed by atoms with van der Waals surface area (Å²) in [5.74, 6) is -2.60. The molecule has 2 rings (SSSR count). The van der Waals surface area contributed by atoms with E-state index in [0.717, 1.165) is 17.2 Å². The Balaban J connectivity index is 2.35. The highest BCUT2D eigenvalue weighted by molar-refractivity contribution is 7.65. The molecule has 0 radical (unpaired) electrons. The lowest BCUT2D eigenvalue weighted by molar-refractivity contribution is -0.157. The maximum atomic E-state index is 15.5. The molecular weight excluding hydrogens is 554 g/mol. The molecule has 1 amide bonds. The molecule has 15 nitrogen and oxygen atoms in total. The first-order chi connectivity index (χ1) is 18.5. The third-order valence-electron chi connectivity index (χ3n) is 5.58. The van der Waals surface area contributed by atoms with Gasteiger partial charge in [-0.3, -0.25) is 34.3 Å². The van der Waals surface area contributed by atoms with E-state index in [1.165, 1.54) is 13.8 Å². The van der Waals surface area contributed by atoms with Crippen LogP contribution in [0.1, 0.15) is 48.0 Å². The Morgan fingerprint density at radius 3 is 2.20 bits per heavy atom. The molecule has 0 bridgehead atoms. The van der Waals surface area contributed by atoms with Gasteiger partial charge in [-0.1, -0.05) is 5.11 Å². The first-order valence-electron chi connectivity index (χ1n) is 12.5. The summed E-state index contributed by atoms with van der Waals surface area (Å²) >= 11 is 0. The molecular formula is C23H36FN6O9P. The molecule has 0 aromatic carbocycles. The average Bonchev–Trinajstić information content (AvgIpc) is 3.07. The largest absolute Gasteiger partial charge is 0.462 e. The fourth-order valence-corrected chi connectivity index (χ4v) is 5.85. The fourth-order valence-electron chi connectivity index (χ4n) is 3.76. The number of alkyl halides is 1. The summed E-state index contributed by atoms with van der Waals surface area (Å²) in [4.78, 5) is 52.3. The van der Waals surface area contributed by atoms with Crippen molar-refractivity contribution in [2.75, 3.05) is 6.61 Å². The zero-order chi connectivity index (χ0) is 30.4. The molecule has 3 N–H and O–H groups in total. The van der Waals surface area contributed by atoms with E-state index in [-0.39, 0.29) is 0 Å². The Kier molecular flexibility index (Phi) is 11.4. The van der Waals surface area contributed by atoms with Crippen molar-refractivity contribution in [1.82, 2.24) is 15.1 Å². The summed E-state index contributed by atoms with van der Waals surface area (Å²) in [5, 5.41) is 19.6. The Hall–Kier alpha value is -2.84. The highest BCUT2D eigenvalue weighted by Gasteiger charge is 2.58. The van der Waals surface area contributed by atoms with Crippen molar-refractivity contribution in [3.8, 4) is 0 Å². The van der Waals surface area contributed by atoms with E-state index >= 15 is 4.39 Å². The van der Waals surface area contributed by atoms with E-state index in [1.807, 2.05) is 0 Å². The zero-order valence-corrected chi connectivity index (χ0v) is 24.0. The minimum atomic E-state index is -3.52. The van der Waals surface area contributed by atoms with Crippen molar-refractivity contribution in [1.29, 1.82) is 0 Å². The third kappa shape index (κ3) is 8.33. The first-order valence-corrected chi connectivity index (χ1v) is 14.4. The van der Waals surface area contributed by atoms with Crippen LogP contribution in [0.15, 0.2) is 17.4 Å². The molecule has 0 unspecified atom stereocenters. The van der Waals surface area contributed by atoms with Crippen LogP contribution < -0.4 is 10.2 Å². The number of allylic oxidation sites excluding steroid dienone is 1. The molecule has 0 aromatic rings. The van der Waals surface area contributed by atoms with Crippen LogP contribution in [-0.2, 0) is 37.9 Å². The standard InChI is InChI=1S/C23H36FN6O9P/c1-12(2)37-21(34)14(5)26-40(7,27-15(6)22(35)38-13(3)4)36-11-23(28-29-25)19(24)18(33)20(39-23)30-9-8-16(31)10-17(30)32/h8-9,12-15,18-20,26-27,33H,7,10-11H2,1-6H3/t14-,15-,18+,19-,20+,23+/m0/s1. The summed E-state index contributed by atoms with van der Waals surface area (Å²) in [6.07, 6.45) is -1.38. The summed E-state index contributed by atoms with van der Waals surface area (Å²) in [7, 11) is -3.52. The van der Waals surface area contributed by atoms with E-state index in [9.17, 15) is 29.8 Å². The van der Waals surface area contributed by atoms with Gasteiger partial charge in [0.15, 0.2) is 18.2 Å². The van der Waals surface area contributed by atoms with E-state index < -0.39 is 92.6 Å². The minimum Gasteiger partial charge on any atom is -0.462 e. The molecule has 0 aromatic heterocycles. The number of halogens is 1. The quantitative estimate of drug-likeness (QED) is 0.0699. The Morgan fingerprint density at radius 1 is 1.23 bits per heavy atom. The monoisotopic (exact) mass is 590 g/mol. The Morgan fingerprint density at radius 2 is 1.75 bits per heavy atom. The van der Waals surface area contributed by atoms with E-state index in [1.54, 1.807) is 27.7 Å². The predicted octanol–water partition coefficient (Wildman–Crippen LogP) is 1.43. The first kappa shape index (κ1) is 33.4. The maximum absolute atomic E-state index is 15.5. The molecule has 17 heteroatoms. The number of azide groups is 1. The predicted molar refractivity (Wildman–Crippen MR) is 141 cm³/mol. The number of esters is 2. The van der Waals surface area contributed by atoms with Crippen molar-refractivity contribution in [3.05, 3.63) is 22.7 Å². The van der Waals surface area contributed by atoms with Crippen molar-refractivity contribution < 1.29 is 47.4 Å². The van der Waals surface area contributed by atoms with Crippen LogP contribution in [0.3, 0.4) is 0 Å².